The molecule has 0 heterocycles. The summed E-state index contributed by atoms with van der Waals surface area (Å²) in [5, 5.41) is -0.656. The second-order valence-corrected chi connectivity index (χ2v) is 5.13. The maximum absolute atomic E-state index is 12.6. The first-order valence-corrected chi connectivity index (χ1v) is 7.14. The Bertz CT molecular complexity index is 583. The monoisotopic (exact) mass is 287 g/mol. The van der Waals surface area contributed by atoms with Crippen molar-refractivity contribution >= 4 is 23.2 Å². The molecule has 0 bridgehead atoms. The van der Waals surface area contributed by atoms with Crippen molar-refractivity contribution in [3.8, 4) is 0 Å². The predicted molar refractivity (Wildman–Crippen MR) is 84.2 cm³/mol. The predicted octanol–water partition coefficient (Wildman–Crippen LogP) is 4.33. The summed E-state index contributed by atoms with van der Waals surface area (Å²) < 4.78 is 0. The summed E-state index contributed by atoms with van der Waals surface area (Å²) in [5.41, 5.74) is 2.84. The van der Waals surface area contributed by atoms with Crippen LogP contribution in [0.1, 0.15) is 23.4 Å². The van der Waals surface area contributed by atoms with Gasteiger partial charge in [-0.3, -0.25) is 4.79 Å². The van der Waals surface area contributed by atoms with E-state index >= 15 is 0 Å². The van der Waals surface area contributed by atoms with Crippen LogP contribution in [-0.4, -0.2) is 12.5 Å². The van der Waals surface area contributed by atoms with Crippen LogP contribution in [0.4, 0.5) is 5.69 Å². The van der Waals surface area contributed by atoms with Crippen LogP contribution in [0.15, 0.2) is 54.6 Å². The van der Waals surface area contributed by atoms with Gasteiger partial charge in [0.15, 0.2) is 0 Å². The Balaban J connectivity index is 2.26. The van der Waals surface area contributed by atoms with E-state index in [4.69, 9.17) is 11.6 Å². The molecule has 0 fully saturated rings. The fourth-order valence-corrected chi connectivity index (χ4v) is 2.43. The molecule has 0 N–H and O–H groups in total. The number of halogens is 1. The summed E-state index contributed by atoms with van der Waals surface area (Å²) in [6.45, 7) is 4.56. The van der Waals surface area contributed by atoms with Crippen LogP contribution in [0.2, 0.25) is 0 Å². The standard InChI is InChI=1S/C17H18ClNO/c1-3-19(15-11-7-8-13(2)12-15)17(20)16(18)14-9-5-4-6-10-14/h4-12,16H,3H2,1-2H3. The molecule has 20 heavy (non-hydrogen) atoms. The van der Waals surface area contributed by atoms with Crippen molar-refractivity contribution in [3.63, 3.8) is 0 Å². The molecule has 2 rings (SSSR count). The highest BCUT2D eigenvalue weighted by atomic mass is 35.5. The van der Waals surface area contributed by atoms with Crippen molar-refractivity contribution < 1.29 is 4.79 Å². The Morgan fingerprint density at radius 3 is 2.45 bits per heavy atom. The molecule has 3 heteroatoms. The van der Waals surface area contributed by atoms with E-state index in [1.54, 1.807) is 4.90 Å². The molecule has 1 atom stereocenters. The minimum atomic E-state index is -0.656. The minimum Gasteiger partial charge on any atom is -0.311 e. The van der Waals surface area contributed by atoms with Crippen LogP contribution >= 0.6 is 11.6 Å². The van der Waals surface area contributed by atoms with Crippen molar-refractivity contribution in [1.29, 1.82) is 0 Å². The number of anilines is 1. The Kier molecular flexibility index (Phi) is 4.80. The molecule has 2 aromatic rings. The van der Waals surface area contributed by atoms with Gasteiger partial charge >= 0.3 is 0 Å². The van der Waals surface area contributed by atoms with E-state index < -0.39 is 5.38 Å². The first kappa shape index (κ1) is 14.6. The van der Waals surface area contributed by atoms with Gasteiger partial charge < -0.3 is 4.90 Å². The molecule has 0 aliphatic carbocycles. The maximum Gasteiger partial charge on any atom is 0.249 e. The summed E-state index contributed by atoms with van der Waals surface area (Å²) in [7, 11) is 0. The van der Waals surface area contributed by atoms with Crippen LogP contribution in [-0.2, 0) is 4.79 Å². The number of likely N-dealkylation sites (N-methyl/N-ethyl adjacent to an activating group) is 1. The molecule has 0 radical (unpaired) electrons. The molecule has 104 valence electrons. The number of nitrogens with zero attached hydrogens (tertiary/aromatic N) is 1. The minimum absolute atomic E-state index is 0.0917. The number of amides is 1. The number of hydrogen-bond donors (Lipinski definition) is 0. The molecule has 0 aliphatic heterocycles. The molecule has 0 saturated heterocycles. The molecule has 2 aromatic carbocycles. The van der Waals surface area contributed by atoms with Crippen molar-refractivity contribution in [2.24, 2.45) is 0 Å². The highest BCUT2D eigenvalue weighted by Crippen LogP contribution is 2.26. The van der Waals surface area contributed by atoms with Crippen LogP contribution in [0, 0.1) is 6.92 Å². The molecule has 0 saturated carbocycles. The maximum atomic E-state index is 12.6. The van der Waals surface area contributed by atoms with Crippen LogP contribution in [0.25, 0.3) is 0 Å². The molecule has 0 spiro atoms. The Morgan fingerprint density at radius 1 is 1.15 bits per heavy atom. The molecule has 0 aromatic heterocycles. The third-order valence-corrected chi connectivity index (χ3v) is 3.64. The van der Waals surface area contributed by atoms with E-state index in [0.29, 0.717) is 6.54 Å². The SMILES string of the molecule is CCN(C(=O)C(Cl)c1ccccc1)c1cccc(C)c1. The first-order chi connectivity index (χ1) is 9.63. The van der Waals surface area contributed by atoms with Gasteiger partial charge in [-0.1, -0.05) is 42.5 Å². The zero-order valence-electron chi connectivity index (χ0n) is 11.7. The summed E-state index contributed by atoms with van der Waals surface area (Å²) in [6.07, 6.45) is 0. The zero-order chi connectivity index (χ0) is 14.5. The van der Waals surface area contributed by atoms with Crippen molar-refractivity contribution in [2.45, 2.75) is 19.2 Å². The topological polar surface area (TPSA) is 20.3 Å². The molecule has 2 nitrogen and oxygen atoms in total. The lowest BCUT2D eigenvalue weighted by molar-refractivity contribution is -0.118. The van der Waals surface area contributed by atoms with E-state index in [-0.39, 0.29) is 5.91 Å². The summed E-state index contributed by atoms with van der Waals surface area (Å²) in [5.74, 6) is -0.0917. The van der Waals surface area contributed by atoms with E-state index in [1.165, 1.54) is 0 Å². The van der Waals surface area contributed by atoms with E-state index in [9.17, 15) is 4.79 Å². The van der Waals surface area contributed by atoms with Gasteiger partial charge in [0.1, 0.15) is 5.38 Å². The normalized spacial score (nSPS) is 11.9. The highest BCUT2D eigenvalue weighted by molar-refractivity contribution is 6.32. The van der Waals surface area contributed by atoms with Gasteiger partial charge in [0, 0.05) is 12.2 Å². The number of carbonyl (C=O) groups excluding carboxylic acids is 1. The van der Waals surface area contributed by atoms with E-state index in [2.05, 4.69) is 0 Å². The Morgan fingerprint density at radius 2 is 1.85 bits per heavy atom. The number of rotatable bonds is 4. The van der Waals surface area contributed by atoms with E-state index in [0.717, 1.165) is 16.8 Å². The molecule has 0 aliphatic rings. The third kappa shape index (κ3) is 3.20. The van der Waals surface area contributed by atoms with Crippen molar-refractivity contribution in [1.82, 2.24) is 0 Å². The van der Waals surface area contributed by atoms with Gasteiger partial charge in [-0.15, -0.1) is 11.6 Å². The quantitative estimate of drug-likeness (QED) is 0.767. The van der Waals surface area contributed by atoms with Crippen molar-refractivity contribution in [2.75, 3.05) is 11.4 Å². The van der Waals surface area contributed by atoms with Gasteiger partial charge in [0.25, 0.3) is 0 Å². The largest absolute Gasteiger partial charge is 0.311 e. The smallest absolute Gasteiger partial charge is 0.249 e. The van der Waals surface area contributed by atoms with Gasteiger partial charge in [-0.25, -0.2) is 0 Å². The highest BCUT2D eigenvalue weighted by Gasteiger charge is 2.23. The molecular formula is C17H18ClNO. The van der Waals surface area contributed by atoms with Crippen molar-refractivity contribution in [3.05, 3.63) is 65.7 Å². The summed E-state index contributed by atoms with van der Waals surface area (Å²) in [6, 6.07) is 17.3. The number of hydrogen-bond acceptors (Lipinski definition) is 1. The Labute approximate surface area is 125 Å². The van der Waals surface area contributed by atoms with Gasteiger partial charge in [-0.05, 0) is 37.1 Å². The summed E-state index contributed by atoms with van der Waals surface area (Å²) in [4.78, 5) is 14.3. The first-order valence-electron chi connectivity index (χ1n) is 6.70. The van der Waals surface area contributed by atoms with Crippen LogP contribution in [0.5, 0.6) is 0 Å². The van der Waals surface area contributed by atoms with Gasteiger partial charge in [0.05, 0.1) is 0 Å². The Hall–Kier alpha value is -1.80. The lowest BCUT2D eigenvalue weighted by Gasteiger charge is -2.24. The van der Waals surface area contributed by atoms with Crippen LogP contribution in [0.3, 0.4) is 0 Å². The number of alkyl halides is 1. The lowest BCUT2D eigenvalue weighted by Crippen LogP contribution is -2.33. The molecular weight excluding hydrogens is 270 g/mol. The fourth-order valence-electron chi connectivity index (χ4n) is 2.16. The second-order valence-electron chi connectivity index (χ2n) is 4.69. The average Bonchev–Trinajstić information content (AvgIpc) is 2.48. The number of carbonyl (C=O) groups is 1. The fraction of sp³-hybridized carbons (Fsp3) is 0.235. The number of aryl methyl sites for hydroxylation is 1. The van der Waals surface area contributed by atoms with Gasteiger partial charge in [-0.2, -0.15) is 0 Å². The van der Waals surface area contributed by atoms with Gasteiger partial charge in [0.2, 0.25) is 5.91 Å². The second kappa shape index (κ2) is 6.58. The molecule has 1 amide bonds. The average molecular weight is 288 g/mol. The lowest BCUT2D eigenvalue weighted by atomic mass is 10.1. The third-order valence-electron chi connectivity index (χ3n) is 3.20. The number of benzene rings is 2. The molecule has 1 unspecified atom stereocenters. The zero-order valence-corrected chi connectivity index (χ0v) is 12.5. The van der Waals surface area contributed by atoms with Crippen LogP contribution < -0.4 is 4.90 Å². The van der Waals surface area contributed by atoms with E-state index in [1.807, 2.05) is 68.4 Å². The summed E-state index contributed by atoms with van der Waals surface area (Å²) >= 11 is 6.33.